The van der Waals surface area contributed by atoms with Crippen molar-refractivity contribution in [2.24, 2.45) is 16.1 Å². The molecule has 0 aliphatic carbocycles. The van der Waals surface area contributed by atoms with Gasteiger partial charge >= 0.3 is 0 Å². The van der Waals surface area contributed by atoms with E-state index in [0.29, 0.717) is 5.69 Å². The van der Waals surface area contributed by atoms with E-state index >= 15 is 0 Å². The fourth-order valence-electron chi connectivity index (χ4n) is 2.15. The molecule has 124 valence electrons. The highest BCUT2D eigenvalue weighted by molar-refractivity contribution is 6.31. The highest BCUT2D eigenvalue weighted by Gasteiger charge is 2.19. The molecule has 0 unspecified atom stereocenters. The highest BCUT2D eigenvalue weighted by atomic mass is 35.5. The van der Waals surface area contributed by atoms with Gasteiger partial charge in [-0.2, -0.15) is 5.26 Å². The molecule has 2 aromatic rings. The van der Waals surface area contributed by atoms with Crippen LogP contribution in [0.15, 0.2) is 33.4 Å². The fourth-order valence-corrected chi connectivity index (χ4v) is 2.30. The van der Waals surface area contributed by atoms with Crippen molar-refractivity contribution < 1.29 is 5.11 Å². The Bertz CT molecular complexity index is 897. The van der Waals surface area contributed by atoms with Crippen LogP contribution in [-0.2, 0) is 6.54 Å². The summed E-state index contributed by atoms with van der Waals surface area (Å²) in [4.78, 5) is 16.5. The number of halogens is 1. The summed E-state index contributed by atoms with van der Waals surface area (Å²) in [5.74, 6) is -0.257. The van der Waals surface area contributed by atoms with Gasteiger partial charge in [-0.3, -0.25) is 9.36 Å². The second kappa shape index (κ2) is 7.23. The zero-order chi connectivity index (χ0) is 17.9. The van der Waals surface area contributed by atoms with Crippen LogP contribution in [0.3, 0.4) is 0 Å². The molecule has 0 bridgehead atoms. The van der Waals surface area contributed by atoms with Crippen LogP contribution in [0.5, 0.6) is 5.88 Å². The largest absolute Gasteiger partial charge is 0.493 e. The van der Waals surface area contributed by atoms with Crippen molar-refractivity contribution in [1.82, 2.24) is 9.55 Å². The number of nitriles is 1. The number of aromatic hydroxyl groups is 1. The van der Waals surface area contributed by atoms with Gasteiger partial charge in [0.2, 0.25) is 5.88 Å². The maximum Gasteiger partial charge on any atom is 0.281 e. The van der Waals surface area contributed by atoms with E-state index in [1.165, 1.54) is 6.20 Å². The molecule has 0 aliphatic rings. The number of aromatic nitrogens is 2. The topological polar surface area (TPSA) is 104 Å². The Balaban J connectivity index is 2.64. The molecule has 0 radical (unpaired) electrons. The van der Waals surface area contributed by atoms with Crippen LogP contribution in [0.1, 0.15) is 25.0 Å². The van der Waals surface area contributed by atoms with Gasteiger partial charge in [0, 0.05) is 18.3 Å². The highest BCUT2D eigenvalue weighted by Crippen LogP contribution is 2.28. The smallest absolute Gasteiger partial charge is 0.281 e. The maximum atomic E-state index is 12.6. The van der Waals surface area contributed by atoms with Crippen LogP contribution >= 0.6 is 11.6 Å². The van der Waals surface area contributed by atoms with Crippen molar-refractivity contribution in [3.05, 3.63) is 45.0 Å². The summed E-state index contributed by atoms with van der Waals surface area (Å²) in [6, 6.07) is 5.15. The third-order valence-electron chi connectivity index (χ3n) is 3.31. The zero-order valence-corrected chi connectivity index (χ0v) is 14.2. The number of pyridine rings is 2. The molecule has 0 aromatic carbocycles. The molecule has 2 heterocycles. The predicted octanol–water partition coefficient (Wildman–Crippen LogP) is 3.85. The van der Waals surface area contributed by atoms with E-state index in [9.17, 15) is 15.2 Å². The first-order valence-electron chi connectivity index (χ1n) is 7.25. The van der Waals surface area contributed by atoms with Crippen molar-refractivity contribution in [1.29, 1.82) is 5.26 Å². The van der Waals surface area contributed by atoms with Gasteiger partial charge in [0.1, 0.15) is 17.3 Å². The van der Waals surface area contributed by atoms with Crippen LogP contribution in [-0.4, -0.2) is 14.7 Å². The number of rotatable bonds is 4. The van der Waals surface area contributed by atoms with Gasteiger partial charge in [0.05, 0.1) is 0 Å². The molecule has 1 N–H and O–H groups in total. The molecule has 2 rings (SSSR count). The molecule has 0 saturated carbocycles. The predicted molar refractivity (Wildman–Crippen MR) is 90.1 cm³/mol. The summed E-state index contributed by atoms with van der Waals surface area (Å²) in [6.07, 6.45) is 1.51. The molecule has 7 nitrogen and oxygen atoms in total. The molecule has 0 fully saturated rings. The van der Waals surface area contributed by atoms with Crippen molar-refractivity contribution in [2.75, 3.05) is 0 Å². The number of hydrogen-bond acceptors (Lipinski definition) is 6. The Morgan fingerprint density at radius 1 is 1.46 bits per heavy atom. The normalized spacial score (nSPS) is 11.2. The van der Waals surface area contributed by atoms with E-state index in [4.69, 9.17) is 11.6 Å². The van der Waals surface area contributed by atoms with E-state index in [-0.39, 0.29) is 40.3 Å². The minimum Gasteiger partial charge on any atom is -0.493 e. The van der Waals surface area contributed by atoms with Crippen LogP contribution < -0.4 is 5.56 Å². The Labute approximate surface area is 143 Å². The first-order valence-corrected chi connectivity index (χ1v) is 7.63. The minimum absolute atomic E-state index is 0.00137. The number of hydrogen-bond donors (Lipinski definition) is 1. The zero-order valence-electron chi connectivity index (χ0n) is 13.5. The molecule has 24 heavy (non-hydrogen) atoms. The molecule has 0 saturated heterocycles. The van der Waals surface area contributed by atoms with Crippen molar-refractivity contribution in [2.45, 2.75) is 27.3 Å². The van der Waals surface area contributed by atoms with Crippen LogP contribution in [0, 0.1) is 24.2 Å². The van der Waals surface area contributed by atoms with E-state index in [0.717, 1.165) is 4.57 Å². The summed E-state index contributed by atoms with van der Waals surface area (Å²) in [6.45, 7) is 5.59. The van der Waals surface area contributed by atoms with Crippen LogP contribution in [0.2, 0.25) is 5.15 Å². The summed E-state index contributed by atoms with van der Waals surface area (Å²) < 4.78 is 1.13. The third-order valence-corrected chi connectivity index (χ3v) is 3.61. The Hall–Kier alpha value is -2.72. The standard InChI is InChI=1S/C16H16ClN5O2/c1-9(2)8-22-15(23)11(7-18)10(3)13(16(22)24)21-20-12-5-4-6-19-14(12)17/h4-6,9,23H,8H2,1-3H3. The van der Waals surface area contributed by atoms with Gasteiger partial charge in [-0.15, -0.1) is 10.2 Å². The molecule has 8 heteroatoms. The summed E-state index contributed by atoms with van der Waals surface area (Å²) in [5.41, 5.74) is 0.0524. The maximum absolute atomic E-state index is 12.6. The lowest BCUT2D eigenvalue weighted by atomic mass is 10.1. The van der Waals surface area contributed by atoms with E-state index in [1.54, 1.807) is 19.1 Å². The van der Waals surface area contributed by atoms with Gasteiger partial charge in [-0.1, -0.05) is 25.4 Å². The van der Waals surface area contributed by atoms with Crippen molar-refractivity contribution in [3.63, 3.8) is 0 Å². The average molecular weight is 346 g/mol. The number of nitrogens with zero attached hydrogens (tertiary/aromatic N) is 5. The fraction of sp³-hybridized carbons (Fsp3) is 0.312. The van der Waals surface area contributed by atoms with Gasteiger partial charge < -0.3 is 5.11 Å². The molecule has 0 spiro atoms. The summed E-state index contributed by atoms with van der Waals surface area (Å²) in [7, 11) is 0. The summed E-state index contributed by atoms with van der Waals surface area (Å²) in [5, 5.41) is 27.5. The van der Waals surface area contributed by atoms with Crippen LogP contribution in [0.4, 0.5) is 11.4 Å². The van der Waals surface area contributed by atoms with Crippen LogP contribution in [0.25, 0.3) is 0 Å². The first-order chi connectivity index (χ1) is 11.4. The van der Waals surface area contributed by atoms with Gasteiger partial charge in [-0.05, 0) is 25.0 Å². The van der Waals surface area contributed by atoms with E-state index in [1.807, 2.05) is 19.9 Å². The minimum atomic E-state index is -0.513. The second-order valence-electron chi connectivity index (χ2n) is 5.61. The summed E-state index contributed by atoms with van der Waals surface area (Å²) >= 11 is 5.91. The van der Waals surface area contributed by atoms with E-state index < -0.39 is 5.56 Å². The molecule has 0 aliphatic heterocycles. The third kappa shape index (κ3) is 3.44. The molecule has 2 aromatic heterocycles. The monoisotopic (exact) mass is 345 g/mol. The average Bonchev–Trinajstić information content (AvgIpc) is 2.53. The number of azo groups is 1. The Morgan fingerprint density at radius 3 is 2.75 bits per heavy atom. The van der Waals surface area contributed by atoms with Gasteiger partial charge in [0.25, 0.3) is 5.56 Å². The quantitative estimate of drug-likeness (QED) is 0.671. The lowest BCUT2D eigenvalue weighted by Crippen LogP contribution is -2.24. The molecule has 0 amide bonds. The molecule has 0 atom stereocenters. The first kappa shape index (κ1) is 17.6. The molecular weight excluding hydrogens is 330 g/mol. The van der Waals surface area contributed by atoms with E-state index in [2.05, 4.69) is 15.2 Å². The Kier molecular flexibility index (Phi) is 5.31. The second-order valence-corrected chi connectivity index (χ2v) is 5.96. The van der Waals surface area contributed by atoms with Crippen molar-refractivity contribution in [3.8, 4) is 11.9 Å². The lowest BCUT2D eigenvalue weighted by molar-refractivity contribution is 0.381. The Morgan fingerprint density at radius 2 is 2.17 bits per heavy atom. The van der Waals surface area contributed by atoms with Gasteiger partial charge in [-0.25, -0.2) is 4.98 Å². The lowest BCUT2D eigenvalue weighted by Gasteiger charge is -2.14. The SMILES string of the molecule is Cc1c(C#N)c(O)n(CC(C)C)c(=O)c1N=Nc1cccnc1Cl. The van der Waals surface area contributed by atoms with Crippen molar-refractivity contribution >= 4 is 23.0 Å². The van der Waals surface area contributed by atoms with Gasteiger partial charge in [0.15, 0.2) is 10.8 Å². The molecular formula is C16H16ClN5O2.